The molecule has 1 saturated carbocycles. The van der Waals surface area contributed by atoms with Crippen molar-refractivity contribution in [2.75, 3.05) is 38.5 Å². The fourth-order valence-electron chi connectivity index (χ4n) is 3.95. The highest BCUT2D eigenvalue weighted by atomic mass is 32.2. The molecule has 0 spiro atoms. The number of hydrogen-bond donors (Lipinski definition) is 1. The van der Waals surface area contributed by atoms with Crippen LogP contribution in [0.5, 0.6) is 0 Å². The van der Waals surface area contributed by atoms with Gasteiger partial charge in [0.15, 0.2) is 0 Å². The van der Waals surface area contributed by atoms with Crippen LogP contribution in [-0.4, -0.2) is 90.9 Å². The topological polar surface area (TPSA) is 90.0 Å². The summed E-state index contributed by atoms with van der Waals surface area (Å²) in [7, 11) is -3.36. The first-order chi connectivity index (χ1) is 12.8. The molecule has 2 saturated heterocycles. The predicted molar refractivity (Wildman–Crippen MR) is 103 cm³/mol. The molecule has 2 amide bonds. The van der Waals surface area contributed by atoms with E-state index in [2.05, 4.69) is 10.2 Å². The molecule has 3 fully saturated rings. The Morgan fingerprint density at radius 2 is 1.74 bits per heavy atom. The number of sulfonamides is 1. The largest absolute Gasteiger partial charge is 0.352 e. The van der Waals surface area contributed by atoms with Crippen LogP contribution in [0.2, 0.25) is 0 Å². The smallest absolute Gasteiger partial charge is 0.241 e. The van der Waals surface area contributed by atoms with E-state index in [1.54, 1.807) is 4.90 Å². The minimum Gasteiger partial charge on any atom is -0.352 e. The Kier molecular flexibility index (Phi) is 6.43. The summed E-state index contributed by atoms with van der Waals surface area (Å²) in [4.78, 5) is 29.0. The van der Waals surface area contributed by atoms with Crippen LogP contribution < -0.4 is 5.32 Å². The molecule has 0 aromatic rings. The van der Waals surface area contributed by atoms with E-state index < -0.39 is 16.1 Å². The van der Waals surface area contributed by atoms with Crippen molar-refractivity contribution in [2.45, 2.75) is 64.1 Å². The molecule has 1 aliphatic carbocycles. The minimum atomic E-state index is -3.36. The Labute approximate surface area is 162 Å². The quantitative estimate of drug-likeness (QED) is 0.650. The first kappa shape index (κ1) is 20.5. The Balaban J connectivity index is 1.54. The van der Waals surface area contributed by atoms with Gasteiger partial charge in [-0.05, 0) is 39.0 Å². The molecule has 1 N–H and O–H groups in total. The Bertz CT molecular complexity index is 656. The van der Waals surface area contributed by atoms with Crippen molar-refractivity contribution in [3.05, 3.63) is 0 Å². The average molecular weight is 401 g/mol. The summed E-state index contributed by atoms with van der Waals surface area (Å²) in [6, 6.07) is -0.402. The van der Waals surface area contributed by atoms with Gasteiger partial charge in [0.2, 0.25) is 21.8 Å². The van der Waals surface area contributed by atoms with E-state index in [1.165, 1.54) is 4.31 Å². The lowest BCUT2D eigenvalue weighted by Gasteiger charge is -2.39. The van der Waals surface area contributed by atoms with Gasteiger partial charge in [-0.2, -0.15) is 4.31 Å². The van der Waals surface area contributed by atoms with E-state index in [4.69, 9.17) is 0 Å². The third-order valence-corrected chi connectivity index (χ3v) is 7.86. The Morgan fingerprint density at radius 3 is 2.33 bits per heavy atom. The molecular weight excluding hydrogens is 368 g/mol. The number of rotatable bonds is 7. The molecule has 0 aromatic heterocycles. The van der Waals surface area contributed by atoms with Gasteiger partial charge in [0.25, 0.3) is 0 Å². The molecule has 0 aromatic carbocycles. The van der Waals surface area contributed by atoms with Crippen LogP contribution in [0.4, 0.5) is 0 Å². The van der Waals surface area contributed by atoms with Crippen LogP contribution in [0, 0.1) is 0 Å². The number of amides is 2. The van der Waals surface area contributed by atoms with E-state index in [9.17, 15) is 18.0 Å². The third-order valence-electron chi connectivity index (χ3n) is 5.78. The number of nitrogens with one attached hydrogen (secondary N) is 1. The van der Waals surface area contributed by atoms with Gasteiger partial charge in [-0.15, -0.1) is 0 Å². The Hall–Kier alpha value is -1.19. The highest BCUT2D eigenvalue weighted by Crippen LogP contribution is 2.24. The molecule has 3 rings (SSSR count). The average Bonchev–Trinajstić information content (AvgIpc) is 3.31. The lowest BCUT2D eigenvalue weighted by atomic mass is 10.1. The van der Waals surface area contributed by atoms with E-state index >= 15 is 0 Å². The number of carbonyl (C=O) groups is 2. The first-order valence-corrected chi connectivity index (χ1v) is 11.8. The van der Waals surface area contributed by atoms with Crippen molar-refractivity contribution in [1.82, 2.24) is 19.4 Å². The highest BCUT2D eigenvalue weighted by molar-refractivity contribution is 7.89. The van der Waals surface area contributed by atoms with Crippen molar-refractivity contribution in [1.29, 1.82) is 0 Å². The highest BCUT2D eigenvalue weighted by Gasteiger charge is 2.41. The van der Waals surface area contributed by atoms with Crippen LogP contribution in [0.1, 0.15) is 46.0 Å². The second-order valence-corrected chi connectivity index (χ2v) is 9.95. The maximum atomic E-state index is 12.9. The fraction of sp³-hybridized carbons (Fsp3) is 0.889. The van der Waals surface area contributed by atoms with Gasteiger partial charge in [-0.25, -0.2) is 8.42 Å². The van der Waals surface area contributed by atoms with Gasteiger partial charge < -0.3 is 10.2 Å². The maximum absolute atomic E-state index is 12.9. The zero-order chi connectivity index (χ0) is 19.6. The molecule has 8 nitrogen and oxygen atoms in total. The molecule has 2 aliphatic heterocycles. The van der Waals surface area contributed by atoms with Crippen molar-refractivity contribution in [3.63, 3.8) is 0 Å². The zero-order valence-corrected chi connectivity index (χ0v) is 17.2. The maximum Gasteiger partial charge on any atom is 0.241 e. The second-order valence-electron chi connectivity index (χ2n) is 7.90. The van der Waals surface area contributed by atoms with Crippen molar-refractivity contribution in [2.24, 2.45) is 0 Å². The van der Waals surface area contributed by atoms with Crippen LogP contribution >= 0.6 is 0 Å². The third kappa shape index (κ3) is 4.81. The molecule has 154 valence electrons. The van der Waals surface area contributed by atoms with Crippen LogP contribution in [0.25, 0.3) is 0 Å². The summed E-state index contributed by atoms with van der Waals surface area (Å²) in [6.45, 7) is 6.54. The summed E-state index contributed by atoms with van der Waals surface area (Å²) in [5, 5.41) is 3.03. The van der Waals surface area contributed by atoms with Crippen molar-refractivity contribution >= 4 is 21.8 Å². The predicted octanol–water partition coefficient (Wildman–Crippen LogP) is 0.00190. The van der Waals surface area contributed by atoms with Gasteiger partial charge in [-0.3, -0.25) is 14.5 Å². The summed E-state index contributed by atoms with van der Waals surface area (Å²) in [6.07, 6.45) is 4.03. The lowest BCUT2D eigenvalue weighted by Crippen LogP contribution is -2.57. The summed E-state index contributed by atoms with van der Waals surface area (Å²) < 4.78 is 26.3. The molecule has 9 heteroatoms. The van der Waals surface area contributed by atoms with Crippen molar-refractivity contribution < 1.29 is 18.0 Å². The molecule has 2 heterocycles. The molecule has 0 bridgehead atoms. The Morgan fingerprint density at radius 1 is 1.07 bits per heavy atom. The minimum absolute atomic E-state index is 0.0601. The van der Waals surface area contributed by atoms with E-state index in [1.807, 2.05) is 13.8 Å². The van der Waals surface area contributed by atoms with E-state index in [0.29, 0.717) is 51.6 Å². The standard InChI is InChI=1S/C18H32N4O4S/c1-3-13-27(25,26)22-8-4-5-16(22)18(24)21-11-9-20(10-12-21)14(2)17(23)19-15-6-7-15/h14-16H,3-13H2,1-2H3,(H,19,23). The van der Waals surface area contributed by atoms with Crippen LogP contribution in [-0.2, 0) is 19.6 Å². The molecule has 27 heavy (non-hydrogen) atoms. The zero-order valence-electron chi connectivity index (χ0n) is 16.4. The molecule has 0 radical (unpaired) electrons. The normalized spacial score (nSPS) is 26.1. The van der Waals surface area contributed by atoms with Gasteiger partial charge in [0.05, 0.1) is 11.8 Å². The van der Waals surface area contributed by atoms with Crippen molar-refractivity contribution in [3.8, 4) is 0 Å². The van der Waals surface area contributed by atoms with Gasteiger partial charge in [-0.1, -0.05) is 6.92 Å². The lowest BCUT2D eigenvalue weighted by molar-refractivity contribution is -0.137. The van der Waals surface area contributed by atoms with Gasteiger partial charge >= 0.3 is 0 Å². The number of carbonyl (C=O) groups excluding carboxylic acids is 2. The molecule has 2 atom stereocenters. The summed E-state index contributed by atoms with van der Waals surface area (Å²) >= 11 is 0. The molecular formula is C18H32N4O4S. The van der Waals surface area contributed by atoms with E-state index in [0.717, 1.165) is 19.3 Å². The van der Waals surface area contributed by atoms with Crippen LogP contribution in [0.3, 0.4) is 0 Å². The summed E-state index contributed by atoms with van der Waals surface area (Å²) in [5.41, 5.74) is 0. The van der Waals surface area contributed by atoms with Crippen LogP contribution in [0.15, 0.2) is 0 Å². The number of hydrogen-bond acceptors (Lipinski definition) is 5. The number of nitrogens with zero attached hydrogens (tertiary/aromatic N) is 3. The second kappa shape index (κ2) is 8.45. The van der Waals surface area contributed by atoms with E-state index in [-0.39, 0.29) is 23.6 Å². The van der Waals surface area contributed by atoms with Gasteiger partial charge in [0.1, 0.15) is 6.04 Å². The van der Waals surface area contributed by atoms with Gasteiger partial charge in [0, 0.05) is 38.8 Å². The fourth-order valence-corrected chi connectivity index (χ4v) is 5.69. The monoisotopic (exact) mass is 400 g/mol. The number of piperazine rings is 1. The first-order valence-electron chi connectivity index (χ1n) is 10.2. The molecule has 2 unspecified atom stereocenters. The summed E-state index contributed by atoms with van der Waals surface area (Å²) in [5.74, 6) is 0.0739. The SMILES string of the molecule is CCCS(=O)(=O)N1CCCC1C(=O)N1CCN(C(C)C(=O)NC2CC2)CC1. The molecule has 3 aliphatic rings.